The molecule has 174 valence electrons. The fourth-order valence-corrected chi connectivity index (χ4v) is 7.08. The molecule has 2 aromatic carbocycles. The number of ether oxygens (including phenoxy) is 1. The van der Waals surface area contributed by atoms with Crippen LogP contribution in [0.15, 0.2) is 41.6 Å². The van der Waals surface area contributed by atoms with Crippen LogP contribution in [0, 0.1) is 17.2 Å². The molecule has 1 unspecified atom stereocenters. The summed E-state index contributed by atoms with van der Waals surface area (Å²) in [5, 5.41) is 36.7. The number of nitriles is 1. The highest BCUT2D eigenvalue weighted by molar-refractivity contribution is 5.94. The molecular weight excluding hydrogens is 430 g/mol. The Morgan fingerprint density at radius 1 is 1.18 bits per heavy atom. The van der Waals surface area contributed by atoms with Crippen molar-refractivity contribution in [3.63, 3.8) is 0 Å². The number of hydrogen-bond acceptors (Lipinski definition) is 7. The fraction of sp³-hybridized carbons (Fsp3) is 0.481. The van der Waals surface area contributed by atoms with E-state index in [0.29, 0.717) is 29.9 Å². The van der Waals surface area contributed by atoms with Crippen LogP contribution in [-0.2, 0) is 11.8 Å². The molecule has 1 spiro atoms. The van der Waals surface area contributed by atoms with Crippen molar-refractivity contribution in [2.24, 2.45) is 11.1 Å². The van der Waals surface area contributed by atoms with Gasteiger partial charge < -0.3 is 19.8 Å². The molecule has 3 fully saturated rings. The number of rotatable bonds is 4. The standard InChI is InChI=1S/C27H27N3O4/c28-14-16-3-6-19(7-4-16)34-29-20-9-10-27(32)22-13-18-5-8-21(31)24-23(18)26(27,25(20)33-24)11-12-30(22)15-17-1-2-17/h3-8,17,22,25,31-32H,1-2,9-13,15H2/t22-,25+,26+,27?/m1/s1. The molecule has 7 nitrogen and oxygen atoms in total. The van der Waals surface area contributed by atoms with Crippen LogP contribution in [0.4, 0.5) is 0 Å². The van der Waals surface area contributed by atoms with Gasteiger partial charge in [-0.3, -0.25) is 4.90 Å². The van der Waals surface area contributed by atoms with Crippen molar-refractivity contribution in [3.8, 4) is 23.3 Å². The van der Waals surface area contributed by atoms with Gasteiger partial charge in [-0.05, 0) is 86.9 Å². The maximum atomic E-state index is 12.4. The Hall–Kier alpha value is -3.08. The van der Waals surface area contributed by atoms with Gasteiger partial charge in [0, 0.05) is 18.2 Å². The molecule has 2 aliphatic heterocycles. The summed E-state index contributed by atoms with van der Waals surface area (Å²) in [6.45, 7) is 1.96. The SMILES string of the molecule is N#Cc1ccc(ON=C2CCC3(O)[C@H]4Cc5ccc(O)c6c5[C@@]3(CCN4CC3CC3)[C@H]2O6)cc1. The topological polar surface area (TPSA) is 98.3 Å². The highest BCUT2D eigenvalue weighted by Gasteiger charge is 2.72. The molecule has 7 heteroatoms. The first-order chi connectivity index (χ1) is 16.5. The number of phenolic OH excluding ortho intramolecular Hbond substituents is 1. The van der Waals surface area contributed by atoms with Crippen molar-refractivity contribution in [1.82, 2.24) is 4.90 Å². The Morgan fingerprint density at radius 3 is 2.76 bits per heavy atom. The smallest absolute Gasteiger partial charge is 0.166 e. The van der Waals surface area contributed by atoms with Crippen LogP contribution in [0.2, 0.25) is 0 Å². The molecule has 2 aromatic rings. The fourth-order valence-electron chi connectivity index (χ4n) is 7.08. The van der Waals surface area contributed by atoms with E-state index in [2.05, 4.69) is 16.1 Å². The lowest BCUT2D eigenvalue weighted by molar-refractivity contribution is -0.167. The van der Waals surface area contributed by atoms with Gasteiger partial charge in [-0.1, -0.05) is 11.2 Å². The van der Waals surface area contributed by atoms with Crippen molar-refractivity contribution < 1.29 is 19.8 Å². The maximum Gasteiger partial charge on any atom is 0.166 e. The van der Waals surface area contributed by atoms with E-state index in [1.54, 1.807) is 30.3 Å². The summed E-state index contributed by atoms with van der Waals surface area (Å²) in [7, 11) is 0. The molecule has 2 heterocycles. The van der Waals surface area contributed by atoms with Gasteiger partial charge in [-0.15, -0.1) is 0 Å². The zero-order valence-corrected chi connectivity index (χ0v) is 18.9. The Bertz CT molecular complexity index is 1250. The van der Waals surface area contributed by atoms with Gasteiger partial charge in [-0.2, -0.15) is 5.26 Å². The number of benzene rings is 2. The number of hydrogen-bond donors (Lipinski definition) is 2. The number of aliphatic hydroxyl groups is 1. The monoisotopic (exact) mass is 457 g/mol. The van der Waals surface area contributed by atoms with Crippen molar-refractivity contribution in [2.45, 2.75) is 61.7 Å². The van der Waals surface area contributed by atoms with E-state index in [1.165, 1.54) is 18.4 Å². The number of piperidine rings is 1. The predicted molar refractivity (Wildman–Crippen MR) is 124 cm³/mol. The first kappa shape index (κ1) is 20.3. The zero-order chi connectivity index (χ0) is 23.1. The number of phenols is 1. The van der Waals surface area contributed by atoms with Crippen LogP contribution < -0.4 is 9.57 Å². The Morgan fingerprint density at radius 2 is 2.00 bits per heavy atom. The minimum atomic E-state index is -0.940. The van der Waals surface area contributed by atoms with E-state index in [0.717, 1.165) is 43.1 Å². The van der Waals surface area contributed by atoms with E-state index >= 15 is 0 Å². The van der Waals surface area contributed by atoms with E-state index in [9.17, 15) is 10.2 Å². The minimum absolute atomic E-state index is 0.0388. The Kier molecular flexibility index (Phi) is 4.16. The number of oxime groups is 1. The largest absolute Gasteiger partial charge is 0.504 e. The van der Waals surface area contributed by atoms with Crippen LogP contribution in [0.1, 0.15) is 48.8 Å². The van der Waals surface area contributed by atoms with Crippen molar-refractivity contribution in [2.75, 3.05) is 13.1 Å². The van der Waals surface area contributed by atoms with Gasteiger partial charge in [-0.25, -0.2) is 0 Å². The average molecular weight is 458 g/mol. The summed E-state index contributed by atoms with van der Waals surface area (Å²) in [4.78, 5) is 8.28. The van der Waals surface area contributed by atoms with Gasteiger partial charge in [0.1, 0.15) is 0 Å². The summed E-state index contributed by atoms with van der Waals surface area (Å²) in [6, 6.07) is 12.7. The van der Waals surface area contributed by atoms with Crippen molar-refractivity contribution in [3.05, 3.63) is 53.1 Å². The molecule has 2 saturated carbocycles. The lowest BCUT2D eigenvalue weighted by atomic mass is 9.49. The Balaban J connectivity index is 1.30. The summed E-state index contributed by atoms with van der Waals surface area (Å²) in [5.74, 6) is 1.93. The predicted octanol–water partition coefficient (Wildman–Crippen LogP) is 3.26. The summed E-state index contributed by atoms with van der Waals surface area (Å²) in [6.07, 6.45) is 4.79. The molecule has 4 atom stereocenters. The molecule has 34 heavy (non-hydrogen) atoms. The van der Waals surface area contributed by atoms with Gasteiger partial charge in [0.05, 0.1) is 28.4 Å². The van der Waals surface area contributed by atoms with Crippen LogP contribution in [0.5, 0.6) is 17.2 Å². The third-order valence-corrected chi connectivity index (χ3v) is 8.83. The molecule has 5 aliphatic rings. The van der Waals surface area contributed by atoms with E-state index in [4.69, 9.17) is 14.8 Å². The maximum absolute atomic E-state index is 12.4. The zero-order valence-electron chi connectivity index (χ0n) is 18.9. The lowest BCUT2D eigenvalue weighted by Gasteiger charge is -2.63. The van der Waals surface area contributed by atoms with Crippen LogP contribution in [0.25, 0.3) is 0 Å². The normalized spacial score (nSPS) is 34.3. The van der Waals surface area contributed by atoms with E-state index < -0.39 is 17.1 Å². The number of likely N-dealkylation sites (tertiary alicyclic amines) is 1. The third-order valence-electron chi connectivity index (χ3n) is 8.83. The minimum Gasteiger partial charge on any atom is -0.504 e. The molecular formula is C27H27N3O4. The Labute approximate surface area is 198 Å². The van der Waals surface area contributed by atoms with Crippen molar-refractivity contribution in [1.29, 1.82) is 5.26 Å². The van der Waals surface area contributed by atoms with Gasteiger partial charge in [0.15, 0.2) is 23.4 Å². The number of aromatic hydroxyl groups is 1. The third kappa shape index (κ3) is 2.61. The number of nitrogens with zero attached hydrogens (tertiary/aromatic N) is 3. The van der Waals surface area contributed by atoms with Gasteiger partial charge in [0.25, 0.3) is 0 Å². The summed E-state index contributed by atoms with van der Waals surface area (Å²) in [5.41, 5.74) is 1.89. The molecule has 0 radical (unpaired) electrons. The summed E-state index contributed by atoms with van der Waals surface area (Å²) < 4.78 is 6.46. The molecule has 1 saturated heterocycles. The van der Waals surface area contributed by atoms with Crippen molar-refractivity contribution >= 4 is 5.71 Å². The first-order valence-electron chi connectivity index (χ1n) is 12.3. The van der Waals surface area contributed by atoms with Crippen LogP contribution >= 0.6 is 0 Å². The van der Waals surface area contributed by atoms with Gasteiger partial charge >= 0.3 is 0 Å². The quantitative estimate of drug-likeness (QED) is 0.684. The molecule has 0 aromatic heterocycles. The second-order valence-corrected chi connectivity index (χ2v) is 10.6. The van der Waals surface area contributed by atoms with E-state index in [1.807, 2.05) is 6.07 Å². The molecule has 0 amide bonds. The van der Waals surface area contributed by atoms with Crippen LogP contribution in [0.3, 0.4) is 0 Å². The second-order valence-electron chi connectivity index (χ2n) is 10.6. The van der Waals surface area contributed by atoms with E-state index in [-0.39, 0.29) is 11.8 Å². The van der Waals surface area contributed by atoms with Crippen LogP contribution in [-0.4, -0.2) is 51.7 Å². The highest BCUT2D eigenvalue weighted by Crippen LogP contribution is 2.65. The molecule has 3 aliphatic carbocycles. The molecule has 2 N–H and O–H groups in total. The lowest BCUT2D eigenvalue weighted by Crippen LogP contribution is -2.76. The highest BCUT2D eigenvalue weighted by atomic mass is 16.6. The van der Waals surface area contributed by atoms with Gasteiger partial charge in [0.2, 0.25) is 0 Å². The summed E-state index contributed by atoms with van der Waals surface area (Å²) >= 11 is 0. The first-order valence-corrected chi connectivity index (χ1v) is 12.3. The average Bonchev–Trinajstić information content (AvgIpc) is 3.59. The second kappa shape index (κ2) is 6.97. The molecule has 7 rings (SSSR count). The molecule has 2 bridgehead atoms.